The van der Waals surface area contributed by atoms with Gasteiger partial charge in [-0.2, -0.15) is 5.10 Å². The number of H-pyrrole nitrogens is 1. The number of anilines is 1. The van der Waals surface area contributed by atoms with E-state index in [9.17, 15) is 4.79 Å². The van der Waals surface area contributed by atoms with Crippen LogP contribution in [0.3, 0.4) is 0 Å². The van der Waals surface area contributed by atoms with Gasteiger partial charge in [-0.1, -0.05) is 0 Å². The minimum atomic E-state index is -0.0918. The van der Waals surface area contributed by atoms with Crippen LogP contribution in [0.4, 0.5) is 5.69 Å². The predicted octanol–water partition coefficient (Wildman–Crippen LogP) is 1.21. The van der Waals surface area contributed by atoms with E-state index in [2.05, 4.69) is 25.5 Å². The monoisotopic (exact) mass is 274 g/mol. The highest BCUT2D eigenvalue weighted by Crippen LogP contribution is 2.15. The first kappa shape index (κ1) is 14.0. The normalized spacial score (nSPS) is 10.3. The molecule has 20 heavy (non-hydrogen) atoms. The fourth-order valence-corrected chi connectivity index (χ4v) is 1.86. The summed E-state index contributed by atoms with van der Waals surface area (Å²) >= 11 is 0. The molecule has 2 aromatic heterocycles. The van der Waals surface area contributed by atoms with E-state index < -0.39 is 0 Å². The highest BCUT2D eigenvalue weighted by Gasteiger charge is 2.17. The Morgan fingerprint density at radius 3 is 2.95 bits per heavy atom. The molecule has 0 bridgehead atoms. The Labute approximate surface area is 117 Å². The topological polar surface area (TPSA) is 86.8 Å². The third-order valence-electron chi connectivity index (χ3n) is 2.79. The number of hydrogen-bond donors (Lipinski definition) is 2. The maximum absolute atomic E-state index is 12.4. The molecular weight excluding hydrogens is 256 g/mol. The molecule has 0 aliphatic heterocycles. The van der Waals surface area contributed by atoms with Gasteiger partial charge < -0.3 is 10.2 Å². The minimum Gasteiger partial charge on any atom is -0.383 e. The Morgan fingerprint density at radius 2 is 2.30 bits per heavy atom. The van der Waals surface area contributed by atoms with E-state index in [1.165, 1.54) is 0 Å². The standard InChI is InChI=1S/C13H18N6O/c1-4-15-11-7-14-6-5-10(11)13(20)19(3)8-12-16-9(2)17-18-12/h5-7,15H,4,8H2,1-3H3,(H,16,17,18). The molecule has 0 aromatic carbocycles. The lowest BCUT2D eigenvalue weighted by Crippen LogP contribution is -2.27. The van der Waals surface area contributed by atoms with Crippen LogP contribution < -0.4 is 5.32 Å². The summed E-state index contributed by atoms with van der Waals surface area (Å²) in [7, 11) is 1.73. The van der Waals surface area contributed by atoms with Crippen molar-refractivity contribution in [3.05, 3.63) is 35.7 Å². The maximum Gasteiger partial charge on any atom is 0.256 e. The molecule has 0 atom stereocenters. The quantitative estimate of drug-likeness (QED) is 0.856. The number of amides is 1. The van der Waals surface area contributed by atoms with E-state index in [-0.39, 0.29) is 5.91 Å². The zero-order valence-electron chi connectivity index (χ0n) is 11.8. The number of aryl methyl sites for hydroxylation is 1. The van der Waals surface area contributed by atoms with Crippen LogP contribution >= 0.6 is 0 Å². The molecule has 2 aromatic rings. The van der Waals surface area contributed by atoms with E-state index in [0.717, 1.165) is 18.1 Å². The van der Waals surface area contributed by atoms with Gasteiger partial charge >= 0.3 is 0 Å². The minimum absolute atomic E-state index is 0.0918. The SMILES string of the molecule is CCNc1cnccc1C(=O)N(C)Cc1n[nH]c(C)n1. The van der Waals surface area contributed by atoms with Crippen LogP contribution in [-0.2, 0) is 6.54 Å². The molecule has 0 unspecified atom stereocenters. The number of carbonyl (C=O) groups excluding carboxylic acids is 1. The summed E-state index contributed by atoms with van der Waals surface area (Å²) in [6.07, 6.45) is 3.26. The summed E-state index contributed by atoms with van der Waals surface area (Å²) in [6, 6.07) is 1.71. The van der Waals surface area contributed by atoms with Crippen molar-refractivity contribution in [2.75, 3.05) is 18.9 Å². The van der Waals surface area contributed by atoms with Crippen molar-refractivity contribution in [2.45, 2.75) is 20.4 Å². The van der Waals surface area contributed by atoms with Gasteiger partial charge in [0.15, 0.2) is 5.82 Å². The number of hydrogen-bond acceptors (Lipinski definition) is 5. The van der Waals surface area contributed by atoms with E-state index in [1.807, 2.05) is 13.8 Å². The van der Waals surface area contributed by atoms with Crippen LogP contribution in [-0.4, -0.2) is 44.6 Å². The van der Waals surface area contributed by atoms with Crippen LogP contribution in [0.15, 0.2) is 18.5 Å². The lowest BCUT2D eigenvalue weighted by Gasteiger charge is -2.17. The third kappa shape index (κ3) is 3.11. The Bertz CT molecular complexity index is 594. The summed E-state index contributed by atoms with van der Waals surface area (Å²) in [6.45, 7) is 4.89. The Morgan fingerprint density at radius 1 is 1.50 bits per heavy atom. The first-order valence-corrected chi connectivity index (χ1v) is 6.43. The number of pyridine rings is 1. The molecule has 7 nitrogen and oxygen atoms in total. The van der Waals surface area contributed by atoms with Crippen LogP contribution in [0.25, 0.3) is 0 Å². The second kappa shape index (κ2) is 6.14. The van der Waals surface area contributed by atoms with Crippen LogP contribution in [0, 0.1) is 6.92 Å². The van der Waals surface area contributed by atoms with Crippen molar-refractivity contribution in [3.63, 3.8) is 0 Å². The van der Waals surface area contributed by atoms with Gasteiger partial charge in [-0.25, -0.2) is 4.98 Å². The molecule has 0 aliphatic carbocycles. The molecule has 7 heteroatoms. The molecule has 0 spiro atoms. The smallest absolute Gasteiger partial charge is 0.256 e. The summed E-state index contributed by atoms with van der Waals surface area (Å²) in [4.78, 5) is 22.3. The van der Waals surface area contributed by atoms with Gasteiger partial charge in [0.25, 0.3) is 5.91 Å². The van der Waals surface area contributed by atoms with E-state index >= 15 is 0 Å². The zero-order valence-corrected chi connectivity index (χ0v) is 11.8. The highest BCUT2D eigenvalue weighted by molar-refractivity contribution is 5.99. The fourth-order valence-electron chi connectivity index (χ4n) is 1.86. The number of nitrogens with one attached hydrogen (secondary N) is 2. The van der Waals surface area contributed by atoms with Crippen molar-refractivity contribution in [3.8, 4) is 0 Å². The van der Waals surface area contributed by atoms with Gasteiger partial charge in [-0.3, -0.25) is 14.9 Å². The van der Waals surface area contributed by atoms with E-state index in [0.29, 0.717) is 17.9 Å². The molecule has 2 rings (SSSR count). The Balaban J connectivity index is 2.14. The van der Waals surface area contributed by atoms with Crippen LogP contribution in [0.1, 0.15) is 28.9 Å². The molecule has 0 aliphatic rings. The van der Waals surface area contributed by atoms with Crippen LogP contribution in [0.5, 0.6) is 0 Å². The van der Waals surface area contributed by atoms with E-state index in [1.54, 1.807) is 30.4 Å². The summed E-state index contributed by atoms with van der Waals surface area (Å²) in [5.41, 5.74) is 1.33. The van der Waals surface area contributed by atoms with Crippen molar-refractivity contribution in [1.82, 2.24) is 25.1 Å². The predicted molar refractivity (Wildman–Crippen MR) is 75.3 cm³/mol. The second-order valence-corrected chi connectivity index (χ2v) is 4.45. The molecule has 106 valence electrons. The van der Waals surface area contributed by atoms with Crippen molar-refractivity contribution in [2.24, 2.45) is 0 Å². The molecule has 0 saturated heterocycles. The second-order valence-electron chi connectivity index (χ2n) is 4.45. The molecule has 0 radical (unpaired) electrons. The lowest BCUT2D eigenvalue weighted by atomic mass is 10.2. The summed E-state index contributed by atoms with van der Waals surface area (Å²) < 4.78 is 0. The fraction of sp³-hybridized carbons (Fsp3) is 0.385. The number of aromatic amines is 1. The van der Waals surface area contributed by atoms with Crippen molar-refractivity contribution < 1.29 is 4.79 Å². The largest absolute Gasteiger partial charge is 0.383 e. The number of rotatable bonds is 5. The van der Waals surface area contributed by atoms with Gasteiger partial charge in [0, 0.05) is 19.8 Å². The average molecular weight is 274 g/mol. The molecule has 1 amide bonds. The van der Waals surface area contributed by atoms with Gasteiger partial charge in [0.1, 0.15) is 5.82 Å². The molecule has 2 N–H and O–H groups in total. The zero-order chi connectivity index (χ0) is 14.5. The summed E-state index contributed by atoms with van der Waals surface area (Å²) in [5, 5.41) is 9.93. The number of aromatic nitrogens is 4. The number of nitrogens with zero attached hydrogens (tertiary/aromatic N) is 4. The van der Waals surface area contributed by atoms with Crippen molar-refractivity contribution >= 4 is 11.6 Å². The van der Waals surface area contributed by atoms with Gasteiger partial charge in [-0.05, 0) is 19.9 Å². The Hall–Kier alpha value is -2.44. The Kier molecular flexibility index (Phi) is 4.29. The van der Waals surface area contributed by atoms with Crippen LogP contribution in [0.2, 0.25) is 0 Å². The van der Waals surface area contributed by atoms with Gasteiger partial charge in [0.2, 0.25) is 0 Å². The van der Waals surface area contributed by atoms with Gasteiger partial charge in [0.05, 0.1) is 24.0 Å². The third-order valence-corrected chi connectivity index (χ3v) is 2.79. The first-order chi connectivity index (χ1) is 9.61. The first-order valence-electron chi connectivity index (χ1n) is 6.43. The van der Waals surface area contributed by atoms with Gasteiger partial charge in [-0.15, -0.1) is 0 Å². The maximum atomic E-state index is 12.4. The number of carbonyl (C=O) groups is 1. The molecular formula is C13H18N6O. The average Bonchev–Trinajstić information content (AvgIpc) is 2.84. The molecule has 2 heterocycles. The van der Waals surface area contributed by atoms with E-state index in [4.69, 9.17) is 0 Å². The molecule has 0 saturated carbocycles. The highest BCUT2D eigenvalue weighted by atomic mass is 16.2. The molecule has 0 fully saturated rings. The van der Waals surface area contributed by atoms with Crippen molar-refractivity contribution in [1.29, 1.82) is 0 Å². The summed E-state index contributed by atoms with van der Waals surface area (Å²) in [5.74, 6) is 1.24. The lowest BCUT2D eigenvalue weighted by molar-refractivity contribution is 0.0782.